The van der Waals surface area contributed by atoms with E-state index in [-0.39, 0.29) is 18.0 Å². The SMILES string of the molecule is Cc1nc(NCc2cc(N)cc(C(F)(F)F)c2)c2cc(O)c(C)cc2n1. The third-order valence-electron chi connectivity index (χ3n) is 3.93. The number of nitrogens with two attached hydrogens (primary N) is 1. The molecule has 4 N–H and O–H groups in total. The number of fused-ring (bicyclic) bond motifs is 1. The van der Waals surface area contributed by atoms with Gasteiger partial charge in [-0.15, -0.1) is 0 Å². The van der Waals surface area contributed by atoms with Crippen LogP contribution < -0.4 is 11.1 Å². The van der Waals surface area contributed by atoms with E-state index in [9.17, 15) is 18.3 Å². The summed E-state index contributed by atoms with van der Waals surface area (Å²) < 4.78 is 38.8. The fraction of sp³-hybridized carbons (Fsp3) is 0.222. The number of phenolic OH excluding ortho intramolecular Hbond substituents is 1. The van der Waals surface area contributed by atoms with E-state index in [0.717, 1.165) is 12.1 Å². The average Bonchev–Trinajstić information content (AvgIpc) is 2.53. The molecule has 0 spiro atoms. The number of phenols is 1. The first-order valence-electron chi connectivity index (χ1n) is 7.82. The third-order valence-corrected chi connectivity index (χ3v) is 3.93. The Hall–Kier alpha value is -3.03. The maximum absolute atomic E-state index is 12.9. The fourth-order valence-electron chi connectivity index (χ4n) is 2.69. The van der Waals surface area contributed by atoms with Crippen LogP contribution in [0.3, 0.4) is 0 Å². The van der Waals surface area contributed by atoms with E-state index in [2.05, 4.69) is 15.3 Å². The molecule has 0 unspecified atom stereocenters. The van der Waals surface area contributed by atoms with Gasteiger partial charge in [0.25, 0.3) is 0 Å². The molecule has 8 heteroatoms. The highest BCUT2D eigenvalue weighted by atomic mass is 19.4. The second-order valence-corrected chi connectivity index (χ2v) is 6.09. The van der Waals surface area contributed by atoms with Crippen molar-refractivity contribution >= 4 is 22.4 Å². The molecule has 3 aromatic rings. The summed E-state index contributed by atoms with van der Waals surface area (Å²) in [6.07, 6.45) is -4.47. The minimum atomic E-state index is -4.47. The zero-order valence-electron chi connectivity index (χ0n) is 14.1. The fourth-order valence-corrected chi connectivity index (χ4v) is 2.69. The van der Waals surface area contributed by atoms with Crippen LogP contribution in [-0.4, -0.2) is 15.1 Å². The summed E-state index contributed by atoms with van der Waals surface area (Å²) in [6.45, 7) is 3.56. The van der Waals surface area contributed by atoms with Crippen molar-refractivity contribution in [1.82, 2.24) is 9.97 Å². The maximum Gasteiger partial charge on any atom is 0.416 e. The van der Waals surface area contributed by atoms with Gasteiger partial charge in [0.15, 0.2) is 0 Å². The second-order valence-electron chi connectivity index (χ2n) is 6.09. The molecule has 2 aromatic carbocycles. The topological polar surface area (TPSA) is 84.1 Å². The van der Waals surface area contributed by atoms with Gasteiger partial charge in [0.1, 0.15) is 17.4 Å². The van der Waals surface area contributed by atoms with Gasteiger partial charge in [-0.05, 0) is 55.3 Å². The molecule has 0 aliphatic heterocycles. The van der Waals surface area contributed by atoms with Gasteiger partial charge in [0.05, 0.1) is 11.1 Å². The lowest BCUT2D eigenvalue weighted by atomic mass is 10.1. The van der Waals surface area contributed by atoms with Crippen LogP contribution in [0.15, 0.2) is 30.3 Å². The van der Waals surface area contributed by atoms with Gasteiger partial charge in [-0.25, -0.2) is 9.97 Å². The summed E-state index contributed by atoms with van der Waals surface area (Å²) >= 11 is 0. The molecule has 0 fully saturated rings. The molecule has 0 atom stereocenters. The number of anilines is 2. The Morgan fingerprint density at radius 3 is 2.50 bits per heavy atom. The van der Waals surface area contributed by atoms with Crippen LogP contribution in [0.4, 0.5) is 24.7 Å². The molecule has 26 heavy (non-hydrogen) atoms. The van der Waals surface area contributed by atoms with Crippen molar-refractivity contribution in [2.24, 2.45) is 0 Å². The zero-order chi connectivity index (χ0) is 19.1. The highest BCUT2D eigenvalue weighted by Crippen LogP contribution is 2.32. The zero-order valence-corrected chi connectivity index (χ0v) is 14.1. The Bertz CT molecular complexity index is 986. The van der Waals surface area contributed by atoms with Crippen molar-refractivity contribution in [2.75, 3.05) is 11.1 Å². The number of hydrogen-bond acceptors (Lipinski definition) is 5. The number of benzene rings is 2. The quantitative estimate of drug-likeness (QED) is 0.609. The molecule has 3 rings (SSSR count). The lowest BCUT2D eigenvalue weighted by Gasteiger charge is -2.13. The van der Waals surface area contributed by atoms with Crippen LogP contribution in [-0.2, 0) is 12.7 Å². The summed E-state index contributed by atoms with van der Waals surface area (Å²) in [5.74, 6) is 1.03. The molecule has 1 heterocycles. The lowest BCUT2D eigenvalue weighted by molar-refractivity contribution is -0.137. The van der Waals surface area contributed by atoms with Crippen LogP contribution in [0.25, 0.3) is 10.9 Å². The number of nitrogens with zero attached hydrogens (tertiary/aromatic N) is 2. The smallest absolute Gasteiger partial charge is 0.416 e. The van der Waals surface area contributed by atoms with E-state index in [1.165, 1.54) is 12.1 Å². The van der Waals surface area contributed by atoms with Gasteiger partial charge in [-0.3, -0.25) is 0 Å². The number of aryl methyl sites for hydroxylation is 2. The highest BCUT2D eigenvalue weighted by molar-refractivity contribution is 5.91. The number of nitrogen functional groups attached to an aromatic ring is 1. The van der Waals surface area contributed by atoms with E-state index < -0.39 is 11.7 Å². The largest absolute Gasteiger partial charge is 0.508 e. The van der Waals surface area contributed by atoms with Crippen molar-refractivity contribution in [1.29, 1.82) is 0 Å². The van der Waals surface area contributed by atoms with Crippen molar-refractivity contribution in [3.63, 3.8) is 0 Å². The minimum Gasteiger partial charge on any atom is -0.508 e. The summed E-state index contributed by atoms with van der Waals surface area (Å²) in [5.41, 5.74) is 6.51. The van der Waals surface area contributed by atoms with Gasteiger partial charge in [-0.2, -0.15) is 13.2 Å². The van der Waals surface area contributed by atoms with E-state index in [4.69, 9.17) is 5.73 Å². The van der Waals surface area contributed by atoms with Gasteiger partial charge >= 0.3 is 6.18 Å². The monoisotopic (exact) mass is 362 g/mol. The third kappa shape index (κ3) is 3.63. The molecule has 0 amide bonds. The molecule has 5 nitrogen and oxygen atoms in total. The summed E-state index contributed by atoms with van der Waals surface area (Å²) in [5, 5.41) is 13.5. The molecule has 0 radical (unpaired) electrons. The van der Waals surface area contributed by atoms with Crippen LogP contribution in [0.2, 0.25) is 0 Å². The predicted molar refractivity (Wildman–Crippen MR) is 93.9 cm³/mol. The molecule has 0 aliphatic carbocycles. The number of halogens is 3. The summed E-state index contributed by atoms with van der Waals surface area (Å²) in [7, 11) is 0. The van der Waals surface area contributed by atoms with E-state index >= 15 is 0 Å². The van der Waals surface area contributed by atoms with Crippen LogP contribution in [0.5, 0.6) is 5.75 Å². The van der Waals surface area contributed by atoms with Crippen molar-refractivity contribution < 1.29 is 18.3 Å². The first-order valence-corrected chi connectivity index (χ1v) is 7.82. The Labute approximate surface area is 147 Å². The molecule has 1 aromatic heterocycles. The van der Waals surface area contributed by atoms with Gasteiger partial charge in [-0.1, -0.05) is 0 Å². The standard InChI is InChI=1S/C18H17F3N4O/c1-9-3-15-14(7-16(9)26)17(25-10(2)24-15)23-8-11-4-12(18(19,20)21)6-13(22)5-11/h3-7,26H,8,22H2,1-2H3,(H,23,24,25). The molecule has 0 bridgehead atoms. The summed E-state index contributed by atoms with van der Waals surface area (Å²) in [6, 6.07) is 6.68. The Balaban J connectivity index is 1.95. The van der Waals surface area contributed by atoms with Gasteiger partial charge in [0.2, 0.25) is 0 Å². The van der Waals surface area contributed by atoms with Crippen LogP contribution in [0, 0.1) is 13.8 Å². The number of rotatable bonds is 3. The second kappa shape index (κ2) is 6.36. The lowest BCUT2D eigenvalue weighted by Crippen LogP contribution is -2.09. The summed E-state index contributed by atoms with van der Waals surface area (Å²) in [4.78, 5) is 8.62. The molecule has 0 saturated carbocycles. The Morgan fingerprint density at radius 2 is 1.81 bits per heavy atom. The Morgan fingerprint density at radius 1 is 1.08 bits per heavy atom. The minimum absolute atomic E-state index is 0.0358. The highest BCUT2D eigenvalue weighted by Gasteiger charge is 2.31. The van der Waals surface area contributed by atoms with Crippen molar-refractivity contribution in [3.8, 4) is 5.75 Å². The molecular formula is C18H17F3N4O. The first kappa shape index (κ1) is 17.8. The molecule has 0 saturated heterocycles. The average molecular weight is 362 g/mol. The number of aromatic hydroxyl groups is 1. The number of alkyl halides is 3. The number of aromatic nitrogens is 2. The first-order chi connectivity index (χ1) is 12.1. The molecule has 0 aliphatic rings. The maximum atomic E-state index is 12.9. The number of hydrogen-bond donors (Lipinski definition) is 3. The van der Waals surface area contributed by atoms with Crippen molar-refractivity contribution in [3.05, 3.63) is 52.8 Å². The number of nitrogens with one attached hydrogen (secondary N) is 1. The van der Waals surface area contributed by atoms with Crippen molar-refractivity contribution in [2.45, 2.75) is 26.6 Å². The van der Waals surface area contributed by atoms with Gasteiger partial charge in [0, 0.05) is 17.6 Å². The van der Waals surface area contributed by atoms with E-state index in [0.29, 0.717) is 33.7 Å². The molecular weight excluding hydrogens is 345 g/mol. The van der Waals surface area contributed by atoms with Crippen LogP contribution >= 0.6 is 0 Å². The van der Waals surface area contributed by atoms with E-state index in [1.807, 2.05) is 0 Å². The molecule has 136 valence electrons. The Kier molecular flexibility index (Phi) is 4.35. The van der Waals surface area contributed by atoms with E-state index in [1.54, 1.807) is 19.9 Å². The van der Waals surface area contributed by atoms with Gasteiger partial charge < -0.3 is 16.2 Å². The van der Waals surface area contributed by atoms with Crippen LogP contribution in [0.1, 0.15) is 22.5 Å². The normalized spacial score (nSPS) is 11.7. The predicted octanol–water partition coefficient (Wildman–Crippen LogP) is 4.17.